The highest BCUT2D eigenvalue weighted by Crippen LogP contribution is 2.25. The first-order valence-electron chi connectivity index (χ1n) is 9.93. The van der Waals surface area contributed by atoms with Gasteiger partial charge >= 0.3 is 6.09 Å². The molecule has 2 rings (SSSR count). The summed E-state index contributed by atoms with van der Waals surface area (Å²) in [5.74, 6) is 1.65. The Balaban J connectivity index is 1.85. The molecule has 1 aromatic carbocycles. The predicted octanol–water partition coefficient (Wildman–Crippen LogP) is 2.76. The number of carbonyl (C=O) groups is 1. The minimum Gasteiger partial charge on any atom is -0.497 e. The second-order valence-corrected chi connectivity index (χ2v) is 7.65. The van der Waals surface area contributed by atoms with E-state index in [-0.39, 0.29) is 17.6 Å². The zero-order valence-corrected chi connectivity index (χ0v) is 17.7. The number of carbonyl (C=O) groups excluding carboxylic acids is 1. The van der Waals surface area contributed by atoms with Crippen molar-refractivity contribution in [1.82, 2.24) is 15.5 Å². The summed E-state index contributed by atoms with van der Waals surface area (Å²) in [7, 11) is 3.46. The molecule has 0 unspecified atom stereocenters. The fourth-order valence-corrected chi connectivity index (χ4v) is 3.26. The second-order valence-electron chi connectivity index (χ2n) is 7.65. The number of rotatable bonds is 6. The zero-order chi connectivity index (χ0) is 20.6. The van der Waals surface area contributed by atoms with Crippen LogP contribution in [0.3, 0.4) is 0 Å². The van der Waals surface area contributed by atoms with Gasteiger partial charge < -0.3 is 25.0 Å². The Hall–Kier alpha value is -2.44. The molecule has 7 nitrogen and oxygen atoms in total. The monoisotopic (exact) mass is 390 g/mol. The Morgan fingerprint density at radius 2 is 2.04 bits per heavy atom. The van der Waals surface area contributed by atoms with Crippen LogP contribution in [-0.4, -0.2) is 63.4 Å². The predicted molar refractivity (Wildman–Crippen MR) is 112 cm³/mol. The van der Waals surface area contributed by atoms with Crippen LogP contribution in [0.25, 0.3) is 0 Å². The number of methoxy groups -OCH3 is 1. The number of guanidine groups is 1. The molecule has 1 aliphatic heterocycles. The van der Waals surface area contributed by atoms with Gasteiger partial charge in [-0.3, -0.25) is 4.99 Å². The van der Waals surface area contributed by atoms with Crippen LogP contribution in [0.15, 0.2) is 29.3 Å². The SMILES string of the molecule is CCOC(=O)N1CCC(NC(=NC)NCC(C)(C)c2cccc(OC)c2)CC1. The van der Waals surface area contributed by atoms with Crippen molar-refractivity contribution < 1.29 is 14.3 Å². The van der Waals surface area contributed by atoms with E-state index in [1.807, 2.05) is 19.1 Å². The number of ether oxygens (including phenoxy) is 2. The third kappa shape index (κ3) is 6.04. The van der Waals surface area contributed by atoms with E-state index in [1.54, 1.807) is 19.1 Å². The van der Waals surface area contributed by atoms with Gasteiger partial charge in [-0.15, -0.1) is 0 Å². The molecule has 1 aromatic rings. The molecular formula is C21H34N4O3. The van der Waals surface area contributed by atoms with Crippen LogP contribution in [0.4, 0.5) is 4.79 Å². The van der Waals surface area contributed by atoms with Crippen LogP contribution < -0.4 is 15.4 Å². The molecule has 28 heavy (non-hydrogen) atoms. The molecular weight excluding hydrogens is 356 g/mol. The normalized spacial score (nSPS) is 15.9. The molecule has 0 aromatic heterocycles. The summed E-state index contributed by atoms with van der Waals surface area (Å²) in [6, 6.07) is 8.45. The summed E-state index contributed by atoms with van der Waals surface area (Å²) in [4.78, 5) is 17.9. The Kier molecular flexibility index (Phi) is 7.96. The average molecular weight is 391 g/mol. The van der Waals surface area contributed by atoms with Crippen molar-refractivity contribution >= 4 is 12.1 Å². The lowest BCUT2D eigenvalue weighted by Crippen LogP contribution is -2.51. The number of amides is 1. The van der Waals surface area contributed by atoms with E-state index in [9.17, 15) is 4.79 Å². The van der Waals surface area contributed by atoms with Crippen LogP contribution in [0, 0.1) is 0 Å². The minimum atomic E-state index is -0.219. The van der Waals surface area contributed by atoms with Gasteiger partial charge in [-0.1, -0.05) is 26.0 Å². The molecule has 1 heterocycles. The lowest BCUT2D eigenvalue weighted by molar-refractivity contribution is 0.0963. The second kappa shape index (κ2) is 10.2. The van der Waals surface area contributed by atoms with Crippen molar-refractivity contribution in [2.45, 2.75) is 45.1 Å². The lowest BCUT2D eigenvalue weighted by Gasteiger charge is -2.33. The fourth-order valence-electron chi connectivity index (χ4n) is 3.26. The molecule has 0 radical (unpaired) electrons. The Morgan fingerprint density at radius 3 is 2.64 bits per heavy atom. The smallest absolute Gasteiger partial charge is 0.409 e. The van der Waals surface area contributed by atoms with Crippen molar-refractivity contribution in [1.29, 1.82) is 0 Å². The maximum absolute atomic E-state index is 11.8. The van der Waals surface area contributed by atoms with E-state index in [2.05, 4.69) is 41.6 Å². The van der Waals surface area contributed by atoms with Crippen LogP contribution in [-0.2, 0) is 10.2 Å². The molecule has 0 aliphatic carbocycles. The van der Waals surface area contributed by atoms with Gasteiger partial charge in [-0.2, -0.15) is 0 Å². The summed E-state index contributed by atoms with van der Waals surface area (Å²) in [6.07, 6.45) is 1.53. The van der Waals surface area contributed by atoms with Gasteiger partial charge in [0.15, 0.2) is 5.96 Å². The van der Waals surface area contributed by atoms with Gasteiger partial charge in [0.05, 0.1) is 13.7 Å². The number of nitrogens with zero attached hydrogens (tertiary/aromatic N) is 2. The molecule has 1 saturated heterocycles. The molecule has 156 valence electrons. The van der Waals surface area contributed by atoms with Gasteiger partial charge in [0.25, 0.3) is 0 Å². The van der Waals surface area contributed by atoms with E-state index in [0.29, 0.717) is 19.7 Å². The lowest BCUT2D eigenvalue weighted by atomic mass is 9.84. The van der Waals surface area contributed by atoms with Crippen molar-refractivity contribution in [2.24, 2.45) is 4.99 Å². The first-order valence-corrected chi connectivity index (χ1v) is 9.93. The van der Waals surface area contributed by atoms with E-state index >= 15 is 0 Å². The summed E-state index contributed by atoms with van der Waals surface area (Å²) in [6.45, 7) is 8.76. The highest BCUT2D eigenvalue weighted by molar-refractivity contribution is 5.80. The van der Waals surface area contributed by atoms with Crippen molar-refractivity contribution in [3.63, 3.8) is 0 Å². The topological polar surface area (TPSA) is 75.2 Å². The summed E-state index contributed by atoms with van der Waals surface area (Å²) >= 11 is 0. The maximum Gasteiger partial charge on any atom is 0.409 e. The minimum absolute atomic E-state index is 0.0839. The van der Waals surface area contributed by atoms with E-state index < -0.39 is 0 Å². The molecule has 0 bridgehead atoms. The average Bonchev–Trinajstić information content (AvgIpc) is 2.71. The third-order valence-corrected chi connectivity index (χ3v) is 5.13. The number of likely N-dealkylation sites (tertiary alicyclic amines) is 1. The zero-order valence-electron chi connectivity index (χ0n) is 17.7. The molecule has 0 spiro atoms. The first kappa shape index (κ1) is 21.9. The molecule has 2 N–H and O–H groups in total. The molecule has 1 amide bonds. The van der Waals surface area contributed by atoms with Gasteiger partial charge in [-0.05, 0) is 37.5 Å². The van der Waals surface area contributed by atoms with Gasteiger partial charge in [0, 0.05) is 38.1 Å². The molecule has 0 saturated carbocycles. The molecule has 1 aliphatic rings. The fraction of sp³-hybridized carbons (Fsp3) is 0.619. The van der Waals surface area contributed by atoms with Gasteiger partial charge in [-0.25, -0.2) is 4.79 Å². The number of aliphatic imine (C=N–C) groups is 1. The Morgan fingerprint density at radius 1 is 1.32 bits per heavy atom. The van der Waals surface area contributed by atoms with Crippen LogP contribution in [0.5, 0.6) is 5.75 Å². The van der Waals surface area contributed by atoms with E-state index in [0.717, 1.165) is 31.1 Å². The highest BCUT2D eigenvalue weighted by atomic mass is 16.6. The van der Waals surface area contributed by atoms with E-state index in [1.165, 1.54) is 5.56 Å². The summed E-state index contributed by atoms with van der Waals surface area (Å²) in [5.41, 5.74) is 1.12. The number of piperidine rings is 1. The molecule has 7 heteroatoms. The standard InChI is InChI=1S/C21H34N4O3/c1-6-28-20(26)25-12-10-17(11-13-25)24-19(22-4)23-15-21(2,3)16-8-7-9-18(14-16)27-5/h7-9,14,17H,6,10-13,15H2,1-5H3,(H2,22,23,24). The maximum atomic E-state index is 11.8. The first-order chi connectivity index (χ1) is 13.4. The quantitative estimate of drug-likeness (QED) is 0.577. The third-order valence-electron chi connectivity index (χ3n) is 5.13. The van der Waals surface area contributed by atoms with E-state index in [4.69, 9.17) is 9.47 Å². The van der Waals surface area contributed by atoms with Crippen LogP contribution in [0.2, 0.25) is 0 Å². The Bertz CT molecular complexity index is 667. The van der Waals surface area contributed by atoms with Crippen molar-refractivity contribution in [3.05, 3.63) is 29.8 Å². The van der Waals surface area contributed by atoms with Crippen LogP contribution in [0.1, 0.15) is 39.2 Å². The number of nitrogens with one attached hydrogen (secondary N) is 2. The largest absolute Gasteiger partial charge is 0.497 e. The molecule has 1 fully saturated rings. The van der Waals surface area contributed by atoms with Crippen LogP contribution >= 0.6 is 0 Å². The number of hydrogen-bond acceptors (Lipinski definition) is 4. The summed E-state index contributed by atoms with van der Waals surface area (Å²) in [5, 5.41) is 6.92. The Labute approximate surface area is 168 Å². The van der Waals surface area contributed by atoms with Crippen molar-refractivity contribution in [2.75, 3.05) is 40.4 Å². The summed E-state index contributed by atoms with van der Waals surface area (Å²) < 4.78 is 10.4. The highest BCUT2D eigenvalue weighted by Gasteiger charge is 2.25. The van der Waals surface area contributed by atoms with Gasteiger partial charge in [0.1, 0.15) is 5.75 Å². The number of benzene rings is 1. The number of hydrogen-bond donors (Lipinski definition) is 2. The van der Waals surface area contributed by atoms with Gasteiger partial charge in [0.2, 0.25) is 0 Å². The molecule has 0 atom stereocenters. The van der Waals surface area contributed by atoms with Crippen molar-refractivity contribution in [3.8, 4) is 5.75 Å².